The van der Waals surface area contributed by atoms with Crippen LogP contribution in [0.2, 0.25) is 0 Å². The van der Waals surface area contributed by atoms with Gasteiger partial charge in [-0.1, -0.05) is 0 Å². The van der Waals surface area contributed by atoms with Gasteiger partial charge in [0.15, 0.2) is 0 Å². The van der Waals surface area contributed by atoms with Crippen molar-refractivity contribution >= 4 is 23.0 Å². The lowest BCUT2D eigenvalue weighted by Gasteiger charge is -1.99. The Morgan fingerprint density at radius 2 is 2.10 bits per heavy atom. The minimum absolute atomic E-state index is 0.620. The van der Waals surface area contributed by atoms with Gasteiger partial charge in [-0.25, -0.2) is 9.59 Å². The van der Waals surface area contributed by atoms with Crippen molar-refractivity contribution in [3.8, 4) is 0 Å². The lowest BCUT2D eigenvalue weighted by atomic mass is 10.6. The van der Waals surface area contributed by atoms with E-state index in [-0.39, 0.29) is 0 Å². The standard InChI is InChI=1S/C4H2O5S/c5-3-1-2(10(7)8)4(6)9-3/h1H,(H,7,8)/p-1. The van der Waals surface area contributed by atoms with E-state index in [1.807, 2.05) is 0 Å². The first kappa shape index (κ1) is 7.10. The molecule has 0 saturated heterocycles. The zero-order valence-corrected chi connectivity index (χ0v) is 5.34. The summed E-state index contributed by atoms with van der Waals surface area (Å²) in [4.78, 5) is 19.9. The molecule has 1 aliphatic heterocycles. The van der Waals surface area contributed by atoms with Crippen LogP contribution in [0.4, 0.5) is 0 Å². The fourth-order valence-corrected chi connectivity index (χ4v) is 0.823. The van der Waals surface area contributed by atoms with Gasteiger partial charge in [0.25, 0.3) is 0 Å². The van der Waals surface area contributed by atoms with Crippen LogP contribution in [0.15, 0.2) is 11.0 Å². The van der Waals surface area contributed by atoms with Crippen molar-refractivity contribution in [1.29, 1.82) is 0 Å². The second kappa shape index (κ2) is 2.31. The van der Waals surface area contributed by atoms with E-state index in [1.165, 1.54) is 0 Å². The summed E-state index contributed by atoms with van der Waals surface area (Å²) < 4.78 is 23.9. The third-order valence-corrected chi connectivity index (χ3v) is 1.47. The first-order chi connectivity index (χ1) is 4.61. The lowest BCUT2D eigenvalue weighted by Crippen LogP contribution is -2.05. The van der Waals surface area contributed by atoms with Crippen LogP contribution >= 0.6 is 0 Å². The van der Waals surface area contributed by atoms with Crippen LogP contribution in [0.3, 0.4) is 0 Å². The summed E-state index contributed by atoms with van der Waals surface area (Å²) in [5.74, 6) is -2.05. The van der Waals surface area contributed by atoms with Gasteiger partial charge in [-0.2, -0.15) is 0 Å². The van der Waals surface area contributed by atoms with Crippen LogP contribution in [0, 0.1) is 0 Å². The van der Waals surface area contributed by atoms with Gasteiger partial charge in [0.2, 0.25) is 0 Å². The van der Waals surface area contributed by atoms with Crippen LogP contribution in [0.25, 0.3) is 0 Å². The number of hydrogen-bond acceptors (Lipinski definition) is 5. The lowest BCUT2D eigenvalue weighted by molar-refractivity contribution is -0.150. The number of rotatable bonds is 1. The molecule has 10 heavy (non-hydrogen) atoms. The van der Waals surface area contributed by atoms with E-state index in [2.05, 4.69) is 4.74 Å². The van der Waals surface area contributed by atoms with Gasteiger partial charge in [-0.05, 0) is 11.1 Å². The summed E-state index contributed by atoms with van der Waals surface area (Å²) in [6.07, 6.45) is 0.630. The van der Waals surface area contributed by atoms with Crippen molar-refractivity contribution in [2.24, 2.45) is 0 Å². The highest BCUT2D eigenvalue weighted by Gasteiger charge is 2.23. The average molecular weight is 161 g/mol. The third kappa shape index (κ3) is 1.12. The average Bonchev–Trinajstić information content (AvgIpc) is 2.10. The normalized spacial score (nSPS) is 20.3. The molecular formula is C4HO5S-. The van der Waals surface area contributed by atoms with Crippen molar-refractivity contribution < 1.29 is 23.1 Å². The molecule has 1 heterocycles. The molecule has 5 nitrogen and oxygen atoms in total. The van der Waals surface area contributed by atoms with Gasteiger partial charge in [-0.15, -0.1) is 0 Å². The molecule has 0 aromatic carbocycles. The molecule has 0 amide bonds. The van der Waals surface area contributed by atoms with E-state index in [1.54, 1.807) is 0 Å². The third-order valence-electron chi connectivity index (χ3n) is 0.823. The highest BCUT2D eigenvalue weighted by molar-refractivity contribution is 7.84. The minimum atomic E-state index is -2.68. The molecule has 0 N–H and O–H groups in total. The van der Waals surface area contributed by atoms with E-state index in [0.29, 0.717) is 6.08 Å². The maximum absolute atomic E-state index is 10.3. The number of hydrogen-bond donors (Lipinski definition) is 0. The zero-order chi connectivity index (χ0) is 7.72. The smallest absolute Gasteiger partial charge is 0.354 e. The predicted octanol–water partition coefficient (Wildman–Crippen LogP) is -1.17. The maximum atomic E-state index is 10.3. The number of cyclic esters (lactones) is 2. The molecule has 0 spiro atoms. The fraction of sp³-hybridized carbons (Fsp3) is 0. The van der Waals surface area contributed by atoms with Crippen LogP contribution in [-0.2, 0) is 25.4 Å². The molecule has 0 aromatic heterocycles. The molecule has 0 saturated carbocycles. The molecule has 1 unspecified atom stereocenters. The first-order valence-corrected chi connectivity index (χ1v) is 3.26. The summed E-state index contributed by atoms with van der Waals surface area (Å²) in [7, 11) is 0. The molecule has 0 aliphatic carbocycles. The Bertz CT molecular complexity index is 252. The van der Waals surface area contributed by atoms with Crippen LogP contribution in [0.5, 0.6) is 0 Å². The highest BCUT2D eigenvalue weighted by Crippen LogP contribution is 2.09. The van der Waals surface area contributed by atoms with Gasteiger partial charge in [0.05, 0.1) is 0 Å². The molecule has 54 valence electrons. The van der Waals surface area contributed by atoms with Gasteiger partial charge in [0.1, 0.15) is 4.91 Å². The Kier molecular flexibility index (Phi) is 1.64. The molecule has 6 heteroatoms. The number of esters is 2. The van der Waals surface area contributed by atoms with Crippen molar-refractivity contribution in [2.75, 3.05) is 0 Å². The number of carbonyl (C=O) groups excluding carboxylic acids is 2. The summed E-state index contributed by atoms with van der Waals surface area (Å²) in [6, 6.07) is 0. The van der Waals surface area contributed by atoms with Gasteiger partial charge in [-0.3, -0.25) is 4.21 Å². The van der Waals surface area contributed by atoms with Crippen LogP contribution < -0.4 is 0 Å². The van der Waals surface area contributed by atoms with Crippen molar-refractivity contribution in [2.45, 2.75) is 0 Å². The molecular weight excluding hydrogens is 160 g/mol. The van der Waals surface area contributed by atoms with Gasteiger partial charge < -0.3 is 9.29 Å². The SMILES string of the molecule is O=C1C=C(S(=O)[O-])C(=O)O1. The number of carbonyl (C=O) groups is 2. The summed E-state index contributed by atoms with van der Waals surface area (Å²) in [5.41, 5.74) is 0. The molecule has 1 atom stereocenters. The maximum Gasteiger partial charge on any atom is 0.354 e. The van der Waals surface area contributed by atoms with Crippen molar-refractivity contribution in [3.63, 3.8) is 0 Å². The van der Waals surface area contributed by atoms with E-state index in [4.69, 9.17) is 0 Å². The Morgan fingerprint density at radius 3 is 2.30 bits per heavy atom. The van der Waals surface area contributed by atoms with Gasteiger partial charge in [0, 0.05) is 6.08 Å². The monoisotopic (exact) mass is 161 g/mol. The van der Waals surface area contributed by atoms with E-state index in [0.717, 1.165) is 0 Å². The Hall–Kier alpha value is -1.01. The highest BCUT2D eigenvalue weighted by atomic mass is 32.2. The summed E-state index contributed by atoms with van der Waals surface area (Å²) in [5, 5.41) is 0. The van der Waals surface area contributed by atoms with E-state index < -0.39 is 27.9 Å². The first-order valence-electron chi connectivity index (χ1n) is 2.18. The molecule has 1 aliphatic rings. The largest absolute Gasteiger partial charge is 0.768 e. The molecule has 0 aromatic rings. The molecule has 1 rings (SSSR count). The van der Waals surface area contributed by atoms with Crippen molar-refractivity contribution in [1.82, 2.24) is 0 Å². The summed E-state index contributed by atoms with van der Waals surface area (Å²) >= 11 is -2.68. The topological polar surface area (TPSA) is 83.5 Å². The second-order valence-electron chi connectivity index (χ2n) is 1.45. The quantitative estimate of drug-likeness (QED) is 0.275. The molecule has 0 radical (unpaired) electrons. The van der Waals surface area contributed by atoms with Crippen molar-refractivity contribution in [3.05, 3.63) is 11.0 Å². The second-order valence-corrected chi connectivity index (χ2v) is 2.36. The van der Waals surface area contributed by atoms with E-state index in [9.17, 15) is 18.4 Å². The predicted molar refractivity (Wildman–Crippen MR) is 28.1 cm³/mol. The van der Waals surface area contributed by atoms with E-state index >= 15 is 0 Å². The van der Waals surface area contributed by atoms with Crippen LogP contribution in [0.1, 0.15) is 0 Å². The zero-order valence-electron chi connectivity index (χ0n) is 4.53. The Morgan fingerprint density at radius 1 is 1.50 bits per heavy atom. The molecule has 0 fully saturated rings. The Labute approximate surface area is 58.0 Å². The number of ether oxygens (including phenoxy) is 1. The van der Waals surface area contributed by atoms with Crippen LogP contribution in [-0.4, -0.2) is 20.7 Å². The summed E-state index contributed by atoms with van der Waals surface area (Å²) in [6.45, 7) is 0. The minimum Gasteiger partial charge on any atom is -0.768 e. The molecule has 0 bridgehead atoms. The fourth-order valence-electron chi connectivity index (χ4n) is 0.453. The Balaban J connectivity index is 2.96. The van der Waals surface area contributed by atoms with Gasteiger partial charge >= 0.3 is 11.9 Å².